The van der Waals surface area contributed by atoms with Crippen molar-refractivity contribution < 1.29 is 9.53 Å². The van der Waals surface area contributed by atoms with Gasteiger partial charge in [-0.1, -0.05) is 12.1 Å². The summed E-state index contributed by atoms with van der Waals surface area (Å²) in [6.07, 6.45) is 7.64. The van der Waals surface area contributed by atoms with Gasteiger partial charge in [0.05, 0.1) is 35.8 Å². The number of amides is 1. The van der Waals surface area contributed by atoms with E-state index in [9.17, 15) is 4.79 Å². The summed E-state index contributed by atoms with van der Waals surface area (Å²) in [6.45, 7) is 4.75. The lowest BCUT2D eigenvalue weighted by atomic mass is 10.1. The molecule has 0 aliphatic carbocycles. The molecule has 1 amide bonds. The zero-order valence-electron chi connectivity index (χ0n) is 18.1. The third-order valence-corrected chi connectivity index (χ3v) is 5.41. The summed E-state index contributed by atoms with van der Waals surface area (Å²) >= 11 is 0. The van der Waals surface area contributed by atoms with Gasteiger partial charge < -0.3 is 15.4 Å². The van der Waals surface area contributed by atoms with Crippen LogP contribution in [0.3, 0.4) is 0 Å². The van der Waals surface area contributed by atoms with E-state index in [2.05, 4.69) is 32.6 Å². The van der Waals surface area contributed by atoms with Gasteiger partial charge in [-0.25, -0.2) is 9.97 Å². The molecular formula is C23H25N7O2. The molecule has 0 bridgehead atoms. The third kappa shape index (κ3) is 4.92. The Hall–Kier alpha value is -3.77. The number of nitrogens with zero attached hydrogens (tertiary/aromatic N) is 5. The van der Waals surface area contributed by atoms with Crippen molar-refractivity contribution in [1.82, 2.24) is 25.1 Å². The van der Waals surface area contributed by atoms with Gasteiger partial charge in [-0.05, 0) is 44.4 Å². The summed E-state index contributed by atoms with van der Waals surface area (Å²) in [7, 11) is 0. The SMILES string of the molecule is Cc1cnc(Nc2cnn(C3CCOC(C)C3)c2)nc1-c1ccc(C(=O)NCC#N)cc1. The Morgan fingerprint density at radius 2 is 2.12 bits per heavy atom. The molecule has 2 atom stereocenters. The molecule has 1 fully saturated rings. The number of carbonyl (C=O) groups is 1. The van der Waals surface area contributed by atoms with E-state index in [1.807, 2.05) is 36.0 Å². The van der Waals surface area contributed by atoms with Gasteiger partial charge in [0, 0.05) is 30.1 Å². The van der Waals surface area contributed by atoms with Gasteiger partial charge >= 0.3 is 0 Å². The maximum absolute atomic E-state index is 12.0. The van der Waals surface area contributed by atoms with E-state index < -0.39 is 0 Å². The first kappa shape index (κ1) is 21.5. The molecule has 2 unspecified atom stereocenters. The van der Waals surface area contributed by atoms with E-state index in [4.69, 9.17) is 10.00 Å². The second kappa shape index (κ2) is 9.58. The zero-order valence-corrected chi connectivity index (χ0v) is 18.1. The Morgan fingerprint density at radius 3 is 2.88 bits per heavy atom. The number of nitrogens with one attached hydrogen (secondary N) is 2. The van der Waals surface area contributed by atoms with Crippen LogP contribution in [-0.2, 0) is 4.74 Å². The molecule has 0 spiro atoms. The predicted molar refractivity (Wildman–Crippen MR) is 119 cm³/mol. The van der Waals surface area contributed by atoms with E-state index in [1.54, 1.807) is 24.5 Å². The van der Waals surface area contributed by atoms with Crippen LogP contribution in [0.4, 0.5) is 11.6 Å². The van der Waals surface area contributed by atoms with Gasteiger partial charge in [0.15, 0.2) is 0 Å². The van der Waals surface area contributed by atoms with Gasteiger partial charge in [0.1, 0.15) is 6.54 Å². The fourth-order valence-electron chi connectivity index (χ4n) is 3.74. The van der Waals surface area contributed by atoms with Crippen molar-refractivity contribution in [2.45, 2.75) is 38.8 Å². The molecule has 2 N–H and O–H groups in total. The number of anilines is 2. The fourth-order valence-corrected chi connectivity index (χ4v) is 3.74. The van der Waals surface area contributed by atoms with Crippen LogP contribution >= 0.6 is 0 Å². The second-order valence-electron chi connectivity index (χ2n) is 7.84. The monoisotopic (exact) mass is 431 g/mol. The number of ether oxygens (including phenoxy) is 1. The molecule has 1 aromatic carbocycles. The number of aromatic nitrogens is 4. The first-order chi connectivity index (χ1) is 15.5. The molecule has 3 aromatic rings. The quantitative estimate of drug-likeness (QED) is 0.574. The van der Waals surface area contributed by atoms with Crippen LogP contribution in [0.2, 0.25) is 0 Å². The Bertz CT molecular complexity index is 1130. The lowest BCUT2D eigenvalue weighted by Gasteiger charge is -2.27. The highest BCUT2D eigenvalue weighted by molar-refractivity contribution is 5.94. The average molecular weight is 432 g/mol. The summed E-state index contributed by atoms with van der Waals surface area (Å²) in [5.41, 5.74) is 3.88. The van der Waals surface area contributed by atoms with Gasteiger partial charge in [0.2, 0.25) is 5.95 Å². The molecule has 4 rings (SSSR count). The van der Waals surface area contributed by atoms with E-state index in [0.29, 0.717) is 17.6 Å². The van der Waals surface area contributed by atoms with Gasteiger partial charge in [-0.2, -0.15) is 10.4 Å². The molecule has 1 aliphatic rings. The molecule has 2 aromatic heterocycles. The van der Waals surface area contributed by atoms with Crippen LogP contribution in [-0.4, -0.2) is 44.9 Å². The van der Waals surface area contributed by atoms with Crippen molar-refractivity contribution in [2.24, 2.45) is 0 Å². The molecule has 1 saturated heterocycles. The average Bonchev–Trinajstić information content (AvgIpc) is 3.27. The molecular weight excluding hydrogens is 406 g/mol. The van der Waals surface area contributed by atoms with E-state index >= 15 is 0 Å². The molecule has 32 heavy (non-hydrogen) atoms. The minimum atomic E-state index is -0.282. The lowest BCUT2D eigenvalue weighted by Crippen LogP contribution is -2.25. The van der Waals surface area contributed by atoms with Crippen LogP contribution in [0.25, 0.3) is 11.3 Å². The molecule has 0 radical (unpaired) electrons. The number of nitriles is 1. The number of carbonyl (C=O) groups excluding carboxylic acids is 1. The Kier molecular flexibility index (Phi) is 6.42. The molecule has 1 aliphatic heterocycles. The first-order valence-electron chi connectivity index (χ1n) is 10.6. The van der Waals surface area contributed by atoms with Crippen LogP contribution in [0.5, 0.6) is 0 Å². The Labute approximate surface area is 186 Å². The minimum Gasteiger partial charge on any atom is -0.378 e. The first-order valence-corrected chi connectivity index (χ1v) is 10.6. The normalized spacial score (nSPS) is 18.0. The zero-order chi connectivity index (χ0) is 22.5. The number of hydrogen-bond donors (Lipinski definition) is 2. The fraction of sp³-hybridized carbons (Fsp3) is 0.348. The standard InChI is InChI=1S/C23H25N7O2/c1-15-12-26-23(28-19-13-27-30(14-19)20-7-10-32-16(2)11-20)29-21(15)17-3-5-18(6-4-17)22(31)25-9-8-24/h3-6,12-14,16,20H,7,9-11H2,1-2H3,(H,25,31)(H,26,28,29). The van der Waals surface area contributed by atoms with Gasteiger partial charge in [0.25, 0.3) is 5.91 Å². The summed E-state index contributed by atoms with van der Waals surface area (Å²) in [5, 5.41) is 18.9. The summed E-state index contributed by atoms with van der Waals surface area (Å²) < 4.78 is 7.60. The van der Waals surface area contributed by atoms with Crippen molar-refractivity contribution in [3.63, 3.8) is 0 Å². The summed E-state index contributed by atoms with van der Waals surface area (Å²) in [4.78, 5) is 21.1. The van der Waals surface area contributed by atoms with E-state index in [-0.39, 0.29) is 18.6 Å². The van der Waals surface area contributed by atoms with Gasteiger partial charge in [-0.3, -0.25) is 9.48 Å². The number of benzene rings is 1. The maximum Gasteiger partial charge on any atom is 0.252 e. The van der Waals surface area contributed by atoms with E-state index in [1.165, 1.54) is 0 Å². The van der Waals surface area contributed by atoms with Crippen molar-refractivity contribution >= 4 is 17.5 Å². The number of hydrogen-bond acceptors (Lipinski definition) is 7. The number of rotatable bonds is 6. The van der Waals surface area contributed by atoms with Crippen molar-refractivity contribution in [3.05, 3.63) is 54.0 Å². The maximum atomic E-state index is 12.0. The topological polar surface area (TPSA) is 118 Å². The molecule has 0 saturated carbocycles. The van der Waals surface area contributed by atoms with Gasteiger partial charge in [-0.15, -0.1) is 0 Å². The summed E-state index contributed by atoms with van der Waals surface area (Å²) in [6, 6.07) is 9.33. The molecule has 164 valence electrons. The Morgan fingerprint density at radius 1 is 1.31 bits per heavy atom. The molecule has 9 nitrogen and oxygen atoms in total. The van der Waals surface area contributed by atoms with Crippen LogP contribution in [0, 0.1) is 18.3 Å². The third-order valence-electron chi connectivity index (χ3n) is 5.41. The second-order valence-corrected chi connectivity index (χ2v) is 7.84. The van der Waals surface area contributed by atoms with Crippen molar-refractivity contribution in [1.29, 1.82) is 5.26 Å². The summed E-state index contributed by atoms with van der Waals surface area (Å²) in [5.74, 6) is 0.192. The van der Waals surface area contributed by atoms with Crippen LogP contribution in [0.1, 0.15) is 41.7 Å². The Balaban J connectivity index is 1.49. The highest BCUT2D eigenvalue weighted by Crippen LogP contribution is 2.27. The van der Waals surface area contributed by atoms with E-state index in [0.717, 1.165) is 42.0 Å². The van der Waals surface area contributed by atoms with Crippen molar-refractivity contribution in [2.75, 3.05) is 18.5 Å². The van der Waals surface area contributed by atoms with Crippen LogP contribution in [0.15, 0.2) is 42.9 Å². The lowest BCUT2D eigenvalue weighted by molar-refractivity contribution is 0.00351. The predicted octanol–water partition coefficient (Wildman–Crippen LogP) is 3.39. The highest BCUT2D eigenvalue weighted by atomic mass is 16.5. The minimum absolute atomic E-state index is 0.0230. The molecule has 9 heteroatoms. The van der Waals surface area contributed by atoms with Crippen molar-refractivity contribution in [3.8, 4) is 17.3 Å². The molecule has 3 heterocycles. The smallest absolute Gasteiger partial charge is 0.252 e. The highest BCUT2D eigenvalue weighted by Gasteiger charge is 2.21. The van der Waals surface area contributed by atoms with Crippen LogP contribution < -0.4 is 10.6 Å². The largest absolute Gasteiger partial charge is 0.378 e. The number of aryl methyl sites for hydroxylation is 1.